The minimum absolute atomic E-state index is 0.0232. The molecule has 7 nitrogen and oxygen atoms in total. The van der Waals surface area contributed by atoms with Gasteiger partial charge in [-0.2, -0.15) is 4.39 Å². The molecule has 38 heavy (non-hydrogen) atoms. The Morgan fingerprint density at radius 2 is 1.92 bits per heavy atom. The number of halogens is 1. The Morgan fingerprint density at radius 1 is 1.18 bits per heavy atom. The van der Waals surface area contributed by atoms with Crippen LogP contribution in [0.5, 0.6) is 5.75 Å². The fourth-order valence-corrected chi connectivity index (χ4v) is 5.84. The number of aryl methyl sites for hydroxylation is 2. The minimum Gasteiger partial charge on any atom is -0.439 e. The van der Waals surface area contributed by atoms with Crippen molar-refractivity contribution in [2.24, 2.45) is 5.73 Å². The molecule has 5 rings (SSSR count). The largest absolute Gasteiger partial charge is 0.439 e. The van der Waals surface area contributed by atoms with E-state index in [1.165, 1.54) is 42.2 Å². The molecule has 3 aromatic rings. The Hall–Kier alpha value is -3.43. The molecule has 1 unspecified atom stereocenters. The molecule has 1 aromatic heterocycles. The van der Waals surface area contributed by atoms with Gasteiger partial charge in [-0.05, 0) is 73.2 Å². The highest BCUT2D eigenvalue weighted by Crippen LogP contribution is 2.43. The van der Waals surface area contributed by atoms with Gasteiger partial charge in [0.25, 0.3) is 10.0 Å². The van der Waals surface area contributed by atoms with Gasteiger partial charge in [0.1, 0.15) is 5.82 Å². The van der Waals surface area contributed by atoms with Gasteiger partial charge in [0.15, 0.2) is 11.6 Å². The molecular formula is C29H35FN4O3S. The van der Waals surface area contributed by atoms with Crippen LogP contribution in [0.15, 0.2) is 65.9 Å². The van der Waals surface area contributed by atoms with Crippen molar-refractivity contribution in [1.29, 1.82) is 0 Å². The Labute approximate surface area is 224 Å². The van der Waals surface area contributed by atoms with Crippen molar-refractivity contribution in [3.8, 4) is 5.75 Å². The Kier molecular flexibility index (Phi) is 8.38. The van der Waals surface area contributed by atoms with E-state index in [0.717, 1.165) is 36.6 Å². The smallest absolute Gasteiger partial charge is 0.263 e. The zero-order valence-corrected chi connectivity index (χ0v) is 22.9. The molecule has 202 valence electrons. The number of fused-ring (bicyclic) bond motifs is 2. The molecule has 0 saturated carbocycles. The summed E-state index contributed by atoms with van der Waals surface area (Å²) in [6.45, 7) is 10.6. The van der Waals surface area contributed by atoms with Gasteiger partial charge in [-0.1, -0.05) is 51.0 Å². The third kappa shape index (κ3) is 6.00. The topological polar surface area (TPSA) is 97.5 Å². The van der Waals surface area contributed by atoms with E-state index in [-0.39, 0.29) is 16.8 Å². The molecule has 1 atom stereocenters. The quantitative estimate of drug-likeness (QED) is 0.384. The molecule has 0 radical (unpaired) electrons. The van der Waals surface area contributed by atoms with Gasteiger partial charge >= 0.3 is 0 Å². The zero-order valence-electron chi connectivity index (χ0n) is 22.1. The highest BCUT2D eigenvalue weighted by atomic mass is 32.2. The van der Waals surface area contributed by atoms with Gasteiger partial charge < -0.3 is 15.4 Å². The average molecular weight is 539 g/mol. The summed E-state index contributed by atoms with van der Waals surface area (Å²) in [7, 11) is -4.02. The van der Waals surface area contributed by atoms with Crippen LogP contribution in [0.1, 0.15) is 55.4 Å². The average Bonchev–Trinajstić information content (AvgIpc) is 3.17. The number of nitrogens with two attached hydrogens (primary N) is 1. The van der Waals surface area contributed by atoms with Crippen molar-refractivity contribution in [2.45, 2.75) is 70.4 Å². The summed E-state index contributed by atoms with van der Waals surface area (Å²) in [5.74, 6) is -0.0600. The Bertz CT molecular complexity index is 1440. The molecule has 1 aliphatic heterocycles. The van der Waals surface area contributed by atoms with Crippen molar-refractivity contribution in [3.63, 3.8) is 0 Å². The number of nitrogens with one attached hydrogen (secondary N) is 1. The van der Waals surface area contributed by atoms with Gasteiger partial charge in [0.2, 0.25) is 5.95 Å². The molecule has 0 spiro atoms. The molecule has 0 fully saturated rings. The highest BCUT2D eigenvalue weighted by Gasteiger charge is 2.30. The van der Waals surface area contributed by atoms with E-state index in [2.05, 4.69) is 48.3 Å². The van der Waals surface area contributed by atoms with E-state index in [1.54, 1.807) is 13.0 Å². The van der Waals surface area contributed by atoms with Crippen LogP contribution in [0.25, 0.3) is 0 Å². The van der Waals surface area contributed by atoms with Crippen LogP contribution < -0.4 is 20.1 Å². The van der Waals surface area contributed by atoms with Crippen molar-refractivity contribution in [3.05, 3.63) is 89.2 Å². The summed E-state index contributed by atoms with van der Waals surface area (Å²) in [6.07, 6.45) is 5.41. The van der Waals surface area contributed by atoms with Gasteiger partial charge in [0, 0.05) is 12.1 Å². The summed E-state index contributed by atoms with van der Waals surface area (Å²) in [4.78, 5) is 5.54. The van der Waals surface area contributed by atoms with E-state index in [4.69, 9.17) is 10.5 Å². The standard InChI is InChI=1S/C25H25FN4O3S.C4H10/c1-15-11-21-22(13-23(15)34(31,32)29-25-8-4-7-24(26)28-25)33-16(2)30(21)14-18-6-3-5-17-9-10-19(27)12-20(17)18;1-3-4-2/h3-8,11,13,19H,2,9-10,12,14,27H2,1H3,(H,28,29);3-4H2,1-2H3. The summed E-state index contributed by atoms with van der Waals surface area (Å²) < 4.78 is 47.6. The lowest BCUT2D eigenvalue weighted by atomic mass is 9.85. The second kappa shape index (κ2) is 11.5. The number of nitrogens with zero attached hydrogens (tertiary/aromatic N) is 2. The summed E-state index contributed by atoms with van der Waals surface area (Å²) in [6, 6.07) is 13.6. The fraction of sp³-hybridized carbons (Fsp3) is 0.345. The monoisotopic (exact) mass is 538 g/mol. The van der Waals surface area contributed by atoms with Gasteiger partial charge in [-0.3, -0.25) is 4.72 Å². The number of benzene rings is 2. The van der Waals surface area contributed by atoms with Crippen LogP contribution in [0.4, 0.5) is 15.9 Å². The van der Waals surface area contributed by atoms with Gasteiger partial charge in [-0.25, -0.2) is 13.4 Å². The van der Waals surface area contributed by atoms with Gasteiger partial charge in [0.05, 0.1) is 17.1 Å². The molecule has 0 saturated heterocycles. The summed E-state index contributed by atoms with van der Waals surface area (Å²) >= 11 is 0. The number of rotatable bonds is 6. The SMILES string of the molecule is C=C1Oc2cc(S(=O)(=O)Nc3cccc(F)n3)c(C)cc2N1Cc1cccc2c1CC(N)CC2.CCCC. The molecule has 1 aliphatic carbocycles. The summed E-state index contributed by atoms with van der Waals surface area (Å²) in [5, 5.41) is 0. The number of ether oxygens (including phenoxy) is 1. The number of anilines is 2. The third-order valence-corrected chi connectivity index (χ3v) is 8.27. The molecule has 2 heterocycles. The number of pyridine rings is 1. The maximum atomic E-state index is 13.4. The van der Waals surface area contributed by atoms with Crippen molar-refractivity contribution in [2.75, 3.05) is 9.62 Å². The van der Waals surface area contributed by atoms with E-state index in [1.807, 2.05) is 4.90 Å². The second-order valence-corrected chi connectivity index (χ2v) is 11.3. The normalized spacial score (nSPS) is 16.2. The Morgan fingerprint density at radius 3 is 2.63 bits per heavy atom. The number of aromatic nitrogens is 1. The van der Waals surface area contributed by atoms with Crippen LogP contribution in [0, 0.1) is 12.9 Å². The molecular weight excluding hydrogens is 503 g/mol. The predicted molar refractivity (Wildman–Crippen MR) is 149 cm³/mol. The molecule has 3 N–H and O–H groups in total. The van der Waals surface area contributed by atoms with Crippen LogP contribution in [0.3, 0.4) is 0 Å². The maximum absolute atomic E-state index is 13.4. The molecule has 0 bridgehead atoms. The first-order valence-corrected chi connectivity index (χ1v) is 14.4. The van der Waals surface area contributed by atoms with E-state index < -0.39 is 16.0 Å². The van der Waals surface area contributed by atoms with Crippen LogP contribution in [-0.4, -0.2) is 19.4 Å². The lowest BCUT2D eigenvalue weighted by molar-refractivity contribution is 0.439. The van der Waals surface area contributed by atoms with E-state index >= 15 is 0 Å². The third-order valence-electron chi connectivity index (χ3n) is 6.77. The zero-order chi connectivity index (χ0) is 27.4. The number of hydrogen-bond acceptors (Lipinski definition) is 6. The van der Waals surface area contributed by atoms with Gasteiger partial charge in [-0.15, -0.1) is 0 Å². The number of unbranched alkanes of at least 4 members (excludes halogenated alkanes) is 1. The van der Waals surface area contributed by atoms with Crippen molar-refractivity contribution < 1.29 is 17.5 Å². The van der Waals surface area contributed by atoms with Crippen LogP contribution >= 0.6 is 0 Å². The lowest BCUT2D eigenvalue weighted by Crippen LogP contribution is -2.29. The number of sulfonamides is 1. The first-order chi connectivity index (χ1) is 18.1. The molecule has 9 heteroatoms. The molecule has 0 amide bonds. The second-order valence-electron chi connectivity index (χ2n) is 9.68. The van der Waals surface area contributed by atoms with Crippen LogP contribution in [-0.2, 0) is 29.4 Å². The highest BCUT2D eigenvalue weighted by molar-refractivity contribution is 7.92. The molecule has 2 aromatic carbocycles. The predicted octanol–water partition coefficient (Wildman–Crippen LogP) is 5.82. The lowest BCUT2D eigenvalue weighted by Gasteiger charge is -2.26. The fourth-order valence-electron chi connectivity index (χ4n) is 4.59. The van der Waals surface area contributed by atoms with Crippen molar-refractivity contribution in [1.82, 2.24) is 4.98 Å². The van der Waals surface area contributed by atoms with E-state index in [9.17, 15) is 12.8 Å². The first kappa shape index (κ1) is 27.6. The van der Waals surface area contributed by atoms with E-state index in [0.29, 0.717) is 23.7 Å². The summed E-state index contributed by atoms with van der Waals surface area (Å²) in [5.41, 5.74) is 11.2. The van der Waals surface area contributed by atoms with Crippen molar-refractivity contribution >= 4 is 21.5 Å². The number of hydrogen-bond donors (Lipinski definition) is 2. The van der Waals surface area contributed by atoms with Crippen LogP contribution in [0.2, 0.25) is 0 Å². The maximum Gasteiger partial charge on any atom is 0.263 e. The first-order valence-electron chi connectivity index (χ1n) is 12.9. The molecule has 2 aliphatic rings. The minimum atomic E-state index is -4.02. The Balaban J connectivity index is 0.000000786.